The Bertz CT molecular complexity index is 109. The van der Waals surface area contributed by atoms with Crippen molar-refractivity contribution in [1.82, 2.24) is 0 Å². The van der Waals surface area contributed by atoms with Crippen LogP contribution in [0.2, 0.25) is 0 Å². The largest absolute Gasteiger partial charge is 0.393 e. The summed E-state index contributed by atoms with van der Waals surface area (Å²) in [4.78, 5) is 0. The second-order valence-electron chi connectivity index (χ2n) is 2.87. The van der Waals surface area contributed by atoms with Gasteiger partial charge >= 0.3 is 0 Å². The molecule has 0 spiro atoms. The highest BCUT2D eigenvalue weighted by atomic mass is 16.3. The van der Waals surface area contributed by atoms with Gasteiger partial charge in [0.2, 0.25) is 0 Å². The lowest BCUT2D eigenvalue weighted by Gasteiger charge is -2.01. The van der Waals surface area contributed by atoms with Crippen LogP contribution in [-0.2, 0) is 0 Å². The van der Waals surface area contributed by atoms with Crippen LogP contribution in [-0.4, -0.2) is 11.2 Å². The van der Waals surface area contributed by atoms with Crippen LogP contribution in [0.1, 0.15) is 19.8 Å². The van der Waals surface area contributed by atoms with Gasteiger partial charge in [0.05, 0.1) is 6.10 Å². The molecule has 1 fully saturated rings. The SMILES string of the molecule is C=CCC1(C)CC1O. The van der Waals surface area contributed by atoms with Gasteiger partial charge in [-0.25, -0.2) is 0 Å². The molecular formula is C7H12O. The van der Waals surface area contributed by atoms with Crippen LogP contribution in [0, 0.1) is 5.41 Å². The zero-order valence-electron chi connectivity index (χ0n) is 5.22. The average molecular weight is 112 g/mol. The molecule has 1 heteroatoms. The summed E-state index contributed by atoms with van der Waals surface area (Å²) in [6, 6.07) is 0. The van der Waals surface area contributed by atoms with Gasteiger partial charge in [-0.1, -0.05) is 13.0 Å². The maximum absolute atomic E-state index is 8.97. The van der Waals surface area contributed by atoms with E-state index >= 15 is 0 Å². The molecule has 1 saturated carbocycles. The minimum absolute atomic E-state index is 0.0551. The van der Waals surface area contributed by atoms with Gasteiger partial charge in [0, 0.05) is 0 Å². The lowest BCUT2D eigenvalue weighted by Crippen LogP contribution is -1.97. The van der Waals surface area contributed by atoms with Crippen molar-refractivity contribution in [3.05, 3.63) is 12.7 Å². The predicted molar refractivity (Wildman–Crippen MR) is 33.5 cm³/mol. The molecule has 0 radical (unpaired) electrons. The Morgan fingerprint density at radius 2 is 2.50 bits per heavy atom. The first-order valence-electron chi connectivity index (χ1n) is 2.98. The standard InChI is InChI=1S/C7H12O/c1-3-4-7(2)5-6(7)8/h3,6,8H,1,4-5H2,2H3. The molecule has 2 unspecified atom stereocenters. The van der Waals surface area contributed by atoms with Crippen LogP contribution in [0.5, 0.6) is 0 Å². The van der Waals surface area contributed by atoms with Crippen LogP contribution in [0.25, 0.3) is 0 Å². The van der Waals surface area contributed by atoms with E-state index in [1.54, 1.807) is 0 Å². The molecule has 0 aromatic carbocycles. The van der Waals surface area contributed by atoms with Crippen molar-refractivity contribution in [2.45, 2.75) is 25.9 Å². The Kier molecular flexibility index (Phi) is 1.16. The van der Waals surface area contributed by atoms with Gasteiger partial charge in [0.1, 0.15) is 0 Å². The molecule has 46 valence electrons. The molecule has 0 saturated heterocycles. The van der Waals surface area contributed by atoms with Crippen molar-refractivity contribution in [2.75, 3.05) is 0 Å². The molecular weight excluding hydrogens is 100 g/mol. The third kappa shape index (κ3) is 0.781. The molecule has 1 N–H and O–H groups in total. The summed E-state index contributed by atoms with van der Waals surface area (Å²) in [5, 5.41) is 8.97. The molecule has 0 amide bonds. The lowest BCUT2D eigenvalue weighted by atomic mass is 10.1. The second-order valence-corrected chi connectivity index (χ2v) is 2.87. The summed E-state index contributed by atoms with van der Waals surface area (Å²) < 4.78 is 0. The van der Waals surface area contributed by atoms with E-state index in [2.05, 4.69) is 13.5 Å². The molecule has 0 heterocycles. The van der Waals surface area contributed by atoms with Crippen LogP contribution >= 0.6 is 0 Å². The fourth-order valence-corrected chi connectivity index (χ4v) is 0.932. The first kappa shape index (κ1) is 5.83. The summed E-state index contributed by atoms with van der Waals surface area (Å²) in [5.41, 5.74) is 0.196. The zero-order chi connectivity index (χ0) is 6.20. The van der Waals surface area contributed by atoms with E-state index in [9.17, 15) is 0 Å². The van der Waals surface area contributed by atoms with Crippen molar-refractivity contribution >= 4 is 0 Å². The third-order valence-electron chi connectivity index (χ3n) is 1.91. The number of aliphatic hydroxyl groups is 1. The molecule has 0 aliphatic heterocycles. The van der Waals surface area contributed by atoms with Crippen LogP contribution in [0.4, 0.5) is 0 Å². The summed E-state index contributed by atoms with van der Waals surface area (Å²) in [7, 11) is 0. The smallest absolute Gasteiger partial charge is 0.0604 e. The maximum atomic E-state index is 8.97. The van der Waals surface area contributed by atoms with Crippen LogP contribution < -0.4 is 0 Å². The van der Waals surface area contributed by atoms with Gasteiger partial charge in [-0.3, -0.25) is 0 Å². The number of aliphatic hydroxyl groups excluding tert-OH is 1. The fourth-order valence-electron chi connectivity index (χ4n) is 0.932. The maximum Gasteiger partial charge on any atom is 0.0604 e. The summed E-state index contributed by atoms with van der Waals surface area (Å²) in [6.45, 7) is 5.69. The van der Waals surface area contributed by atoms with E-state index in [0.717, 1.165) is 12.8 Å². The highest BCUT2D eigenvalue weighted by molar-refractivity contribution is 5.02. The molecule has 1 rings (SSSR count). The third-order valence-corrected chi connectivity index (χ3v) is 1.91. The monoisotopic (exact) mass is 112 g/mol. The molecule has 0 aromatic heterocycles. The van der Waals surface area contributed by atoms with Gasteiger partial charge in [-0.05, 0) is 18.3 Å². The first-order valence-corrected chi connectivity index (χ1v) is 2.98. The van der Waals surface area contributed by atoms with Crippen molar-refractivity contribution in [3.8, 4) is 0 Å². The minimum Gasteiger partial charge on any atom is -0.393 e. The number of hydrogen-bond donors (Lipinski definition) is 1. The van der Waals surface area contributed by atoms with Gasteiger partial charge in [0.25, 0.3) is 0 Å². The topological polar surface area (TPSA) is 20.2 Å². The molecule has 2 atom stereocenters. The van der Waals surface area contributed by atoms with Crippen molar-refractivity contribution in [2.24, 2.45) is 5.41 Å². The fraction of sp³-hybridized carbons (Fsp3) is 0.714. The molecule has 8 heavy (non-hydrogen) atoms. The minimum atomic E-state index is -0.0551. The van der Waals surface area contributed by atoms with Crippen molar-refractivity contribution in [3.63, 3.8) is 0 Å². The Morgan fingerprint density at radius 3 is 2.62 bits per heavy atom. The van der Waals surface area contributed by atoms with Crippen molar-refractivity contribution < 1.29 is 5.11 Å². The Morgan fingerprint density at radius 1 is 2.00 bits per heavy atom. The quantitative estimate of drug-likeness (QED) is 0.534. The van der Waals surface area contributed by atoms with Crippen molar-refractivity contribution in [1.29, 1.82) is 0 Å². The van der Waals surface area contributed by atoms with E-state index < -0.39 is 0 Å². The van der Waals surface area contributed by atoms with E-state index in [4.69, 9.17) is 5.11 Å². The molecule has 1 aliphatic carbocycles. The number of hydrogen-bond acceptors (Lipinski definition) is 1. The van der Waals surface area contributed by atoms with Crippen LogP contribution in [0.3, 0.4) is 0 Å². The van der Waals surface area contributed by atoms with Gasteiger partial charge < -0.3 is 5.11 Å². The summed E-state index contributed by atoms with van der Waals surface area (Å²) in [6.07, 6.45) is 3.73. The Labute approximate surface area is 50.0 Å². The van der Waals surface area contributed by atoms with Gasteiger partial charge in [0.15, 0.2) is 0 Å². The molecule has 1 nitrogen and oxygen atoms in total. The number of allylic oxidation sites excluding steroid dienone is 1. The average Bonchev–Trinajstić information content (AvgIpc) is 2.16. The van der Waals surface area contributed by atoms with E-state index in [1.165, 1.54) is 0 Å². The Hall–Kier alpha value is -0.300. The molecule has 1 aliphatic rings. The van der Waals surface area contributed by atoms with E-state index in [1.807, 2.05) is 6.08 Å². The summed E-state index contributed by atoms with van der Waals surface area (Å²) >= 11 is 0. The normalized spacial score (nSPS) is 44.0. The van der Waals surface area contributed by atoms with E-state index in [-0.39, 0.29) is 11.5 Å². The van der Waals surface area contributed by atoms with Crippen LogP contribution in [0.15, 0.2) is 12.7 Å². The van der Waals surface area contributed by atoms with E-state index in [0.29, 0.717) is 0 Å². The lowest BCUT2D eigenvalue weighted by molar-refractivity contribution is 0.228. The highest BCUT2D eigenvalue weighted by Crippen LogP contribution is 2.48. The Balaban J connectivity index is 2.35. The summed E-state index contributed by atoms with van der Waals surface area (Å²) in [5.74, 6) is 0. The van der Waals surface area contributed by atoms with Gasteiger partial charge in [-0.2, -0.15) is 0 Å². The molecule has 0 aromatic rings. The zero-order valence-corrected chi connectivity index (χ0v) is 5.22. The predicted octanol–water partition coefficient (Wildman–Crippen LogP) is 1.33. The number of rotatable bonds is 2. The van der Waals surface area contributed by atoms with Gasteiger partial charge in [-0.15, -0.1) is 6.58 Å². The molecule has 0 bridgehead atoms. The second kappa shape index (κ2) is 1.59. The first-order chi connectivity index (χ1) is 3.69. The highest BCUT2D eigenvalue weighted by Gasteiger charge is 2.47.